The highest BCUT2D eigenvalue weighted by atomic mass is 35.5. The van der Waals surface area contributed by atoms with E-state index >= 15 is 0 Å². The summed E-state index contributed by atoms with van der Waals surface area (Å²) >= 11 is 12.2. The van der Waals surface area contributed by atoms with Crippen LogP contribution in [0.25, 0.3) is 17.1 Å². The molecule has 8 heteroatoms. The predicted octanol–water partition coefficient (Wildman–Crippen LogP) is 2.92. The number of halogens is 2. The highest BCUT2D eigenvalue weighted by Crippen LogP contribution is 2.34. The van der Waals surface area contributed by atoms with Crippen molar-refractivity contribution in [1.29, 1.82) is 0 Å². The molecular weight excluding hydrogens is 313 g/mol. The fourth-order valence-electron chi connectivity index (χ4n) is 1.94. The standard InChI is InChI=1S/C13H9Cl2N5O/c14-8-4-1-5-9(10(8)15)20-12(18-19-13(20)21)7-3-2-6-17-11(7)16/h1-6H,(H2,16,17)(H,19,21). The quantitative estimate of drug-likeness (QED) is 0.757. The first-order valence-electron chi connectivity index (χ1n) is 5.89. The molecule has 0 saturated heterocycles. The maximum absolute atomic E-state index is 9.98. The van der Waals surface area contributed by atoms with Gasteiger partial charge in [-0.05, 0) is 24.3 Å². The summed E-state index contributed by atoms with van der Waals surface area (Å²) in [6.07, 6.45) is 1.56. The first-order chi connectivity index (χ1) is 10.1. The zero-order chi connectivity index (χ0) is 15.0. The van der Waals surface area contributed by atoms with E-state index in [-0.39, 0.29) is 16.9 Å². The Kier molecular flexibility index (Phi) is 3.40. The Balaban J connectivity index is 2.28. The Hall–Kier alpha value is -2.31. The number of benzene rings is 1. The zero-order valence-electron chi connectivity index (χ0n) is 10.5. The summed E-state index contributed by atoms with van der Waals surface area (Å²) < 4.78 is 1.36. The third-order valence-electron chi connectivity index (χ3n) is 2.90. The molecular formula is C13H9Cl2N5O. The van der Waals surface area contributed by atoms with Gasteiger partial charge in [0.25, 0.3) is 0 Å². The topological polar surface area (TPSA) is 89.8 Å². The lowest BCUT2D eigenvalue weighted by Gasteiger charge is -2.11. The minimum atomic E-state index is -0.322. The van der Waals surface area contributed by atoms with Crippen molar-refractivity contribution >= 4 is 29.0 Å². The monoisotopic (exact) mass is 321 g/mol. The zero-order valence-corrected chi connectivity index (χ0v) is 12.0. The van der Waals surface area contributed by atoms with E-state index in [1.54, 1.807) is 36.5 Å². The Morgan fingerprint density at radius 1 is 1.10 bits per heavy atom. The summed E-state index contributed by atoms with van der Waals surface area (Å²) in [5.41, 5.74) is 6.82. The molecule has 0 aliphatic carbocycles. The van der Waals surface area contributed by atoms with Gasteiger partial charge < -0.3 is 10.8 Å². The number of aromatic hydroxyl groups is 1. The number of anilines is 1. The second kappa shape index (κ2) is 5.23. The van der Waals surface area contributed by atoms with E-state index in [0.717, 1.165) is 0 Å². The van der Waals surface area contributed by atoms with Gasteiger partial charge in [0.1, 0.15) is 5.82 Å². The third-order valence-corrected chi connectivity index (χ3v) is 3.71. The SMILES string of the molecule is Nc1ncccc1-c1nnc(O)n1-c1cccc(Cl)c1Cl. The fraction of sp³-hybridized carbons (Fsp3) is 0. The van der Waals surface area contributed by atoms with Crippen LogP contribution in [0.1, 0.15) is 0 Å². The van der Waals surface area contributed by atoms with Gasteiger partial charge in [0.15, 0.2) is 5.82 Å². The summed E-state index contributed by atoms with van der Waals surface area (Å²) in [6.45, 7) is 0. The summed E-state index contributed by atoms with van der Waals surface area (Å²) in [4.78, 5) is 4.00. The molecule has 106 valence electrons. The van der Waals surface area contributed by atoms with E-state index in [4.69, 9.17) is 28.9 Å². The van der Waals surface area contributed by atoms with Gasteiger partial charge in [0.2, 0.25) is 0 Å². The summed E-state index contributed by atoms with van der Waals surface area (Å²) in [7, 11) is 0. The van der Waals surface area contributed by atoms with Crippen LogP contribution in [0.5, 0.6) is 6.01 Å². The molecule has 0 fully saturated rings. The molecule has 2 aromatic heterocycles. The van der Waals surface area contributed by atoms with Crippen molar-refractivity contribution in [3.05, 3.63) is 46.6 Å². The first-order valence-corrected chi connectivity index (χ1v) is 6.65. The Bertz CT molecular complexity index is 818. The Labute approximate surface area is 129 Å². The highest BCUT2D eigenvalue weighted by molar-refractivity contribution is 6.43. The molecule has 0 atom stereocenters. The molecule has 0 radical (unpaired) electrons. The van der Waals surface area contributed by atoms with Crippen LogP contribution < -0.4 is 5.73 Å². The molecule has 3 rings (SSSR count). The molecule has 21 heavy (non-hydrogen) atoms. The number of hydrogen-bond donors (Lipinski definition) is 2. The van der Waals surface area contributed by atoms with Gasteiger partial charge in [-0.1, -0.05) is 34.4 Å². The van der Waals surface area contributed by atoms with Gasteiger partial charge in [0.05, 0.1) is 21.3 Å². The molecule has 0 saturated carbocycles. The molecule has 2 heterocycles. The molecule has 0 unspecified atom stereocenters. The Morgan fingerprint density at radius 3 is 2.67 bits per heavy atom. The second-order valence-electron chi connectivity index (χ2n) is 4.17. The van der Waals surface area contributed by atoms with Gasteiger partial charge >= 0.3 is 6.01 Å². The second-order valence-corrected chi connectivity index (χ2v) is 4.95. The van der Waals surface area contributed by atoms with Crippen molar-refractivity contribution in [3.63, 3.8) is 0 Å². The van der Waals surface area contributed by atoms with Crippen LogP contribution in [0.2, 0.25) is 10.0 Å². The van der Waals surface area contributed by atoms with Gasteiger partial charge in [-0.2, -0.15) is 0 Å². The van der Waals surface area contributed by atoms with Crippen molar-refractivity contribution in [2.24, 2.45) is 0 Å². The van der Waals surface area contributed by atoms with Crippen LogP contribution in [0.15, 0.2) is 36.5 Å². The molecule has 3 N–H and O–H groups in total. The van der Waals surface area contributed by atoms with Crippen molar-refractivity contribution < 1.29 is 5.11 Å². The van der Waals surface area contributed by atoms with Crippen LogP contribution in [0.4, 0.5) is 5.82 Å². The van der Waals surface area contributed by atoms with E-state index in [1.807, 2.05) is 0 Å². The smallest absolute Gasteiger partial charge is 0.319 e. The van der Waals surface area contributed by atoms with Crippen molar-refractivity contribution in [2.75, 3.05) is 5.73 Å². The number of nitrogens with zero attached hydrogens (tertiary/aromatic N) is 4. The number of hydrogen-bond acceptors (Lipinski definition) is 5. The summed E-state index contributed by atoms with van der Waals surface area (Å²) in [5, 5.41) is 18.2. The number of rotatable bonds is 2. The number of nitrogen functional groups attached to an aromatic ring is 1. The number of pyridine rings is 1. The van der Waals surface area contributed by atoms with Gasteiger partial charge in [-0.15, -0.1) is 5.10 Å². The van der Waals surface area contributed by atoms with Crippen LogP contribution in [0, 0.1) is 0 Å². The molecule has 0 amide bonds. The molecule has 1 aromatic carbocycles. The van der Waals surface area contributed by atoms with Crippen molar-refractivity contribution in [2.45, 2.75) is 0 Å². The number of aromatic nitrogens is 4. The summed E-state index contributed by atoms with van der Waals surface area (Å²) in [5.74, 6) is 0.589. The van der Waals surface area contributed by atoms with E-state index < -0.39 is 0 Å². The van der Waals surface area contributed by atoms with E-state index in [9.17, 15) is 5.11 Å². The van der Waals surface area contributed by atoms with E-state index in [2.05, 4.69) is 15.2 Å². The Morgan fingerprint density at radius 2 is 1.90 bits per heavy atom. The lowest BCUT2D eigenvalue weighted by Crippen LogP contribution is -2.01. The van der Waals surface area contributed by atoms with E-state index in [1.165, 1.54) is 4.57 Å². The number of nitrogens with two attached hydrogens (primary N) is 1. The molecule has 0 aliphatic rings. The van der Waals surface area contributed by atoms with Crippen LogP contribution in [-0.4, -0.2) is 24.9 Å². The minimum absolute atomic E-state index is 0.268. The first kappa shape index (κ1) is 13.7. The average Bonchev–Trinajstić information content (AvgIpc) is 2.84. The van der Waals surface area contributed by atoms with Gasteiger partial charge in [-0.3, -0.25) is 0 Å². The summed E-state index contributed by atoms with van der Waals surface area (Å²) in [6, 6.07) is 8.15. The highest BCUT2D eigenvalue weighted by Gasteiger charge is 2.19. The fourth-order valence-corrected chi connectivity index (χ4v) is 2.32. The predicted molar refractivity (Wildman–Crippen MR) is 80.7 cm³/mol. The van der Waals surface area contributed by atoms with Crippen LogP contribution in [0.3, 0.4) is 0 Å². The maximum atomic E-state index is 9.98. The average molecular weight is 322 g/mol. The van der Waals surface area contributed by atoms with Crippen molar-refractivity contribution in [1.82, 2.24) is 19.7 Å². The lowest BCUT2D eigenvalue weighted by atomic mass is 10.2. The van der Waals surface area contributed by atoms with Crippen LogP contribution in [-0.2, 0) is 0 Å². The van der Waals surface area contributed by atoms with E-state index in [0.29, 0.717) is 22.1 Å². The van der Waals surface area contributed by atoms with Gasteiger partial charge in [-0.25, -0.2) is 9.55 Å². The van der Waals surface area contributed by atoms with Gasteiger partial charge in [0, 0.05) is 6.20 Å². The third kappa shape index (κ3) is 2.28. The normalized spacial score (nSPS) is 10.8. The molecule has 6 nitrogen and oxygen atoms in total. The van der Waals surface area contributed by atoms with Crippen molar-refractivity contribution in [3.8, 4) is 23.1 Å². The molecule has 3 aromatic rings. The maximum Gasteiger partial charge on any atom is 0.319 e. The van der Waals surface area contributed by atoms with Crippen LogP contribution >= 0.6 is 23.2 Å². The largest absolute Gasteiger partial charge is 0.479 e. The molecule has 0 spiro atoms. The molecule has 0 aliphatic heterocycles. The molecule has 0 bridgehead atoms. The lowest BCUT2D eigenvalue weighted by molar-refractivity contribution is 0.420. The minimum Gasteiger partial charge on any atom is -0.479 e.